The predicted octanol–water partition coefficient (Wildman–Crippen LogP) is 1.20. The van der Waals surface area contributed by atoms with Gasteiger partial charge in [0.05, 0.1) is 12.1 Å². The van der Waals surface area contributed by atoms with E-state index in [2.05, 4.69) is 9.07 Å². The van der Waals surface area contributed by atoms with Crippen LogP contribution >= 0.6 is 0 Å². The SMILES string of the molecule is [N-]=[N+]=C1CCC2(CC1)CC(C(=O)[C@@H]1CC[C@@H]3CN1C(=O)N3OS(=O)(=O)O)C2. The molecule has 2 saturated heterocycles. The predicted molar refractivity (Wildman–Crippen MR) is 90.6 cm³/mol. The molecule has 2 heterocycles. The van der Waals surface area contributed by atoms with E-state index < -0.39 is 28.5 Å². The number of amides is 2. The Morgan fingerprint density at radius 1 is 1.26 bits per heavy atom. The molecule has 2 bridgehead atoms. The monoisotopic (exact) mass is 398 g/mol. The van der Waals surface area contributed by atoms with Crippen LogP contribution in [0.3, 0.4) is 0 Å². The normalized spacial score (nSPS) is 36.0. The van der Waals surface area contributed by atoms with Crippen LogP contribution in [0.2, 0.25) is 0 Å². The summed E-state index contributed by atoms with van der Waals surface area (Å²) in [6.07, 6.45) is 5.84. The van der Waals surface area contributed by atoms with Gasteiger partial charge >= 0.3 is 16.4 Å². The highest BCUT2D eigenvalue weighted by Gasteiger charge is 2.54. The van der Waals surface area contributed by atoms with Crippen molar-refractivity contribution in [2.45, 2.75) is 63.5 Å². The highest BCUT2D eigenvalue weighted by molar-refractivity contribution is 7.80. The van der Waals surface area contributed by atoms with E-state index in [4.69, 9.17) is 10.1 Å². The van der Waals surface area contributed by atoms with Crippen molar-refractivity contribution in [2.75, 3.05) is 6.54 Å². The lowest BCUT2D eigenvalue weighted by molar-refractivity contribution is -0.136. The van der Waals surface area contributed by atoms with Gasteiger partial charge in [-0.3, -0.25) is 9.35 Å². The van der Waals surface area contributed by atoms with Crippen molar-refractivity contribution in [1.82, 2.24) is 9.96 Å². The lowest BCUT2D eigenvalue weighted by atomic mass is 9.54. The zero-order valence-corrected chi connectivity index (χ0v) is 15.6. The number of rotatable bonds is 4. The second-order valence-corrected chi connectivity index (χ2v) is 9.19. The van der Waals surface area contributed by atoms with Crippen LogP contribution in [-0.4, -0.2) is 63.9 Å². The molecular weight excluding hydrogens is 376 g/mol. The molecule has 10 nitrogen and oxygen atoms in total. The Hall–Kier alpha value is -1.81. The van der Waals surface area contributed by atoms with Crippen LogP contribution in [0.4, 0.5) is 4.79 Å². The van der Waals surface area contributed by atoms with Crippen molar-refractivity contribution < 1.29 is 31.6 Å². The number of Topliss-reactive ketones (excluding diaryl/α,β-unsaturated/α-hetero) is 1. The van der Waals surface area contributed by atoms with Crippen molar-refractivity contribution >= 4 is 27.9 Å². The van der Waals surface area contributed by atoms with Crippen molar-refractivity contribution in [3.8, 4) is 0 Å². The van der Waals surface area contributed by atoms with Crippen LogP contribution in [0.5, 0.6) is 0 Å². The van der Waals surface area contributed by atoms with E-state index in [1.165, 1.54) is 4.90 Å². The number of ketones is 1. The minimum absolute atomic E-state index is 0.0303. The molecule has 0 aromatic carbocycles. The molecule has 0 aromatic heterocycles. The molecule has 2 saturated carbocycles. The van der Waals surface area contributed by atoms with Gasteiger partial charge in [0.15, 0.2) is 5.78 Å². The Morgan fingerprint density at radius 3 is 2.52 bits per heavy atom. The third-order valence-corrected chi connectivity index (χ3v) is 6.97. The maximum Gasteiger partial charge on any atom is 0.418 e. The fourth-order valence-corrected chi connectivity index (χ4v) is 5.55. The van der Waals surface area contributed by atoms with Crippen LogP contribution in [0.25, 0.3) is 5.53 Å². The van der Waals surface area contributed by atoms with Gasteiger partial charge in [-0.05, 0) is 43.9 Å². The van der Waals surface area contributed by atoms with E-state index in [-0.39, 0.29) is 23.7 Å². The molecule has 2 aliphatic carbocycles. The molecule has 0 radical (unpaired) electrons. The first kappa shape index (κ1) is 18.5. The van der Waals surface area contributed by atoms with Gasteiger partial charge in [-0.25, -0.2) is 4.79 Å². The number of hydrogen-bond donors (Lipinski definition) is 1. The van der Waals surface area contributed by atoms with Crippen LogP contribution in [0.1, 0.15) is 51.4 Å². The van der Waals surface area contributed by atoms with Crippen LogP contribution < -0.4 is 0 Å². The van der Waals surface area contributed by atoms with Crippen molar-refractivity contribution in [3.05, 3.63) is 5.53 Å². The molecule has 27 heavy (non-hydrogen) atoms. The molecule has 4 aliphatic rings. The summed E-state index contributed by atoms with van der Waals surface area (Å²) in [6.45, 7) is 0.221. The average molecular weight is 398 g/mol. The summed E-state index contributed by atoms with van der Waals surface area (Å²) in [5, 5.41) is 0.668. The van der Waals surface area contributed by atoms with Gasteiger partial charge in [-0.2, -0.15) is 18.3 Å². The lowest BCUT2D eigenvalue weighted by Gasteiger charge is -2.50. The van der Waals surface area contributed by atoms with Gasteiger partial charge in [0.1, 0.15) is 0 Å². The Labute approximate surface area is 157 Å². The number of carbonyl (C=O) groups excluding carboxylic acids is 2. The molecule has 2 atom stereocenters. The van der Waals surface area contributed by atoms with Gasteiger partial charge in [0.2, 0.25) is 0 Å². The smallest absolute Gasteiger partial charge is 0.362 e. The van der Waals surface area contributed by atoms with Crippen LogP contribution in [0.15, 0.2) is 0 Å². The fourth-order valence-electron chi connectivity index (χ4n) is 5.16. The molecule has 0 unspecified atom stereocenters. The van der Waals surface area contributed by atoms with E-state index in [1.54, 1.807) is 0 Å². The third-order valence-electron chi connectivity index (χ3n) is 6.62. The molecule has 2 amide bonds. The molecule has 4 fully saturated rings. The maximum atomic E-state index is 13.0. The van der Waals surface area contributed by atoms with Crippen molar-refractivity contribution in [3.63, 3.8) is 0 Å². The van der Waals surface area contributed by atoms with Gasteiger partial charge in [0, 0.05) is 25.3 Å². The van der Waals surface area contributed by atoms with Gasteiger partial charge in [0.25, 0.3) is 5.71 Å². The zero-order chi connectivity index (χ0) is 19.4. The van der Waals surface area contributed by atoms with Crippen LogP contribution in [-0.2, 0) is 19.5 Å². The summed E-state index contributed by atoms with van der Waals surface area (Å²) in [5.74, 6) is -0.0636. The topological polar surface area (TPSA) is 141 Å². The number of piperidine rings is 1. The van der Waals surface area contributed by atoms with Gasteiger partial charge < -0.3 is 10.4 Å². The van der Waals surface area contributed by atoms with E-state index in [0.717, 1.165) is 44.2 Å². The van der Waals surface area contributed by atoms with E-state index in [0.29, 0.717) is 17.9 Å². The summed E-state index contributed by atoms with van der Waals surface area (Å²) < 4.78 is 35.1. The first-order valence-corrected chi connectivity index (χ1v) is 10.6. The molecule has 1 spiro atoms. The molecule has 0 aromatic rings. The number of carbonyl (C=O) groups is 2. The minimum Gasteiger partial charge on any atom is -0.362 e. The number of nitrogens with zero attached hydrogens (tertiary/aromatic N) is 4. The summed E-state index contributed by atoms with van der Waals surface area (Å²) >= 11 is 0. The lowest BCUT2D eigenvalue weighted by Crippen LogP contribution is -2.52. The summed E-state index contributed by atoms with van der Waals surface area (Å²) in [6, 6.07) is -1.74. The number of fused-ring (bicyclic) bond motifs is 2. The number of hydroxylamine groups is 2. The summed E-state index contributed by atoms with van der Waals surface area (Å²) in [5.41, 5.74) is 9.82. The number of urea groups is 1. The standard InChI is InChI=1S/C16H22N4O6S/c17-18-11-3-5-16(6-4-11)7-10(8-16)14(21)13-2-1-12-9-19(13)15(22)20(12)26-27(23,24)25/h10,12-13H,1-9H2,(H,23,24,25)/t12-,13+/m1/s1. The van der Waals surface area contributed by atoms with Crippen molar-refractivity contribution in [1.29, 1.82) is 0 Å². The van der Waals surface area contributed by atoms with Crippen LogP contribution in [0, 0.1) is 11.3 Å². The zero-order valence-electron chi connectivity index (χ0n) is 14.8. The molecule has 1 N–H and O–H groups in total. The first-order chi connectivity index (χ1) is 12.7. The third kappa shape index (κ3) is 3.29. The highest BCUT2D eigenvalue weighted by atomic mass is 32.3. The van der Waals surface area contributed by atoms with Crippen molar-refractivity contribution in [2.24, 2.45) is 11.3 Å². The van der Waals surface area contributed by atoms with Gasteiger partial charge in [-0.15, -0.1) is 4.28 Å². The Balaban J connectivity index is 1.39. The highest BCUT2D eigenvalue weighted by Crippen LogP contribution is 2.55. The Bertz CT molecular complexity index is 818. The number of hydrogen-bond acceptors (Lipinski definition) is 5. The molecule has 2 aliphatic heterocycles. The first-order valence-electron chi connectivity index (χ1n) is 9.22. The van der Waals surface area contributed by atoms with E-state index in [1.807, 2.05) is 0 Å². The molecule has 11 heteroatoms. The summed E-state index contributed by atoms with van der Waals surface area (Å²) in [7, 11) is -4.79. The quantitative estimate of drug-likeness (QED) is 0.428. The fraction of sp³-hybridized carbons (Fsp3) is 0.812. The molecule has 148 valence electrons. The Kier molecular flexibility index (Phi) is 4.38. The van der Waals surface area contributed by atoms with Gasteiger partial charge in [-0.1, -0.05) is 0 Å². The molecule has 4 rings (SSSR count). The maximum absolute atomic E-state index is 13.0. The van der Waals surface area contributed by atoms with E-state index >= 15 is 0 Å². The summed E-state index contributed by atoms with van der Waals surface area (Å²) in [4.78, 5) is 30.1. The second kappa shape index (κ2) is 6.37. The average Bonchev–Trinajstić information content (AvgIpc) is 2.83. The minimum atomic E-state index is -4.79. The molecular formula is C16H22N4O6S. The van der Waals surface area contributed by atoms with E-state index in [9.17, 15) is 18.0 Å². The second-order valence-electron chi connectivity index (χ2n) is 8.18. The largest absolute Gasteiger partial charge is 0.418 e. The Morgan fingerprint density at radius 2 is 1.93 bits per heavy atom.